The molecule has 0 heterocycles. The number of thioether (sulfide) groups is 1. The Balaban J connectivity index is 2.05. The van der Waals surface area contributed by atoms with Gasteiger partial charge in [0.25, 0.3) is 0 Å². The van der Waals surface area contributed by atoms with Crippen molar-refractivity contribution in [2.75, 3.05) is 11.1 Å². The number of nitriles is 1. The van der Waals surface area contributed by atoms with Crippen molar-refractivity contribution in [3.05, 3.63) is 29.6 Å². The Hall–Kier alpha value is -1.21. The fourth-order valence-electron chi connectivity index (χ4n) is 2.41. The van der Waals surface area contributed by atoms with Gasteiger partial charge in [-0.2, -0.15) is 17.0 Å². The van der Waals surface area contributed by atoms with E-state index < -0.39 is 5.82 Å². The summed E-state index contributed by atoms with van der Waals surface area (Å²) in [7, 11) is 0. The smallest absolute Gasteiger partial charge is 0.143 e. The summed E-state index contributed by atoms with van der Waals surface area (Å²) in [5.41, 5.74) is 0.881. The van der Waals surface area contributed by atoms with E-state index in [9.17, 15) is 4.39 Å². The first-order chi connectivity index (χ1) is 8.74. The maximum absolute atomic E-state index is 13.5. The molecule has 0 aromatic heterocycles. The third-order valence-corrected chi connectivity index (χ3v) is 4.60. The molecule has 1 aliphatic carbocycles. The predicted octanol–water partition coefficient (Wildman–Crippen LogP) is 3.78. The average Bonchev–Trinajstić information content (AvgIpc) is 2.78. The fourth-order valence-corrected chi connectivity index (χ4v) is 3.61. The molecular weight excluding hydrogens is 247 g/mol. The number of halogens is 1. The Labute approximate surface area is 112 Å². The Morgan fingerprint density at radius 1 is 1.50 bits per heavy atom. The van der Waals surface area contributed by atoms with Crippen LogP contribution in [0.25, 0.3) is 0 Å². The lowest BCUT2D eigenvalue weighted by Gasteiger charge is -2.21. The molecule has 0 amide bonds. The van der Waals surface area contributed by atoms with Gasteiger partial charge in [-0.1, -0.05) is 13.3 Å². The predicted molar refractivity (Wildman–Crippen MR) is 74.3 cm³/mol. The van der Waals surface area contributed by atoms with Crippen molar-refractivity contribution in [3.63, 3.8) is 0 Å². The molecule has 1 aromatic carbocycles. The van der Waals surface area contributed by atoms with E-state index >= 15 is 0 Å². The van der Waals surface area contributed by atoms with Crippen LogP contribution in [0.2, 0.25) is 0 Å². The van der Waals surface area contributed by atoms with Crippen molar-refractivity contribution < 1.29 is 4.39 Å². The first-order valence-corrected chi connectivity index (χ1v) is 7.37. The lowest BCUT2D eigenvalue weighted by Crippen LogP contribution is -2.26. The first kappa shape index (κ1) is 13.2. The van der Waals surface area contributed by atoms with E-state index in [0.717, 1.165) is 17.9 Å². The molecule has 18 heavy (non-hydrogen) atoms. The maximum atomic E-state index is 13.5. The number of rotatable bonds is 4. The number of anilines is 1. The van der Waals surface area contributed by atoms with Crippen molar-refractivity contribution in [3.8, 4) is 6.07 Å². The van der Waals surface area contributed by atoms with Gasteiger partial charge in [-0.3, -0.25) is 0 Å². The van der Waals surface area contributed by atoms with Gasteiger partial charge in [0.2, 0.25) is 0 Å². The van der Waals surface area contributed by atoms with Crippen LogP contribution in [0.4, 0.5) is 10.1 Å². The van der Waals surface area contributed by atoms with Crippen LogP contribution in [-0.2, 0) is 0 Å². The molecule has 2 unspecified atom stereocenters. The van der Waals surface area contributed by atoms with E-state index in [1.165, 1.54) is 25.0 Å². The van der Waals surface area contributed by atoms with Gasteiger partial charge < -0.3 is 5.32 Å². The summed E-state index contributed by atoms with van der Waals surface area (Å²) in [5, 5.41) is 12.7. The van der Waals surface area contributed by atoms with Gasteiger partial charge in [0, 0.05) is 17.0 Å². The zero-order chi connectivity index (χ0) is 13.0. The minimum atomic E-state index is -0.444. The Kier molecular flexibility index (Phi) is 4.48. The number of hydrogen-bond acceptors (Lipinski definition) is 3. The summed E-state index contributed by atoms with van der Waals surface area (Å²) in [5.74, 6) is 0.671. The van der Waals surface area contributed by atoms with E-state index in [1.807, 2.05) is 17.8 Å². The highest BCUT2D eigenvalue weighted by Gasteiger charge is 2.26. The summed E-state index contributed by atoms with van der Waals surface area (Å²) in [6.45, 7) is 2.17. The van der Waals surface area contributed by atoms with E-state index in [4.69, 9.17) is 5.26 Å². The standard InChI is InChI=1S/C14H17FN2S/c1-2-18-14-5-3-4-13(14)17-11-7-6-10(9-16)12(15)8-11/h6-8,13-14,17H,2-5H2,1H3. The zero-order valence-corrected chi connectivity index (χ0v) is 11.3. The molecule has 1 N–H and O–H groups in total. The van der Waals surface area contributed by atoms with Crippen molar-refractivity contribution >= 4 is 17.4 Å². The molecule has 0 aliphatic heterocycles. The van der Waals surface area contributed by atoms with Crippen LogP contribution in [-0.4, -0.2) is 17.0 Å². The highest BCUT2D eigenvalue weighted by Crippen LogP contribution is 2.32. The molecular formula is C14H17FN2S. The van der Waals surface area contributed by atoms with Crippen LogP contribution in [0.5, 0.6) is 0 Å². The van der Waals surface area contributed by atoms with Gasteiger partial charge in [0.15, 0.2) is 0 Å². The highest BCUT2D eigenvalue weighted by atomic mass is 32.2. The first-order valence-electron chi connectivity index (χ1n) is 6.32. The van der Waals surface area contributed by atoms with Crippen LogP contribution < -0.4 is 5.32 Å². The van der Waals surface area contributed by atoms with Crippen molar-refractivity contribution in [2.24, 2.45) is 0 Å². The van der Waals surface area contributed by atoms with Crippen molar-refractivity contribution in [2.45, 2.75) is 37.5 Å². The van der Waals surface area contributed by atoms with E-state index in [-0.39, 0.29) is 5.56 Å². The molecule has 96 valence electrons. The Morgan fingerprint density at radius 2 is 2.33 bits per heavy atom. The van der Waals surface area contributed by atoms with E-state index in [2.05, 4.69) is 12.2 Å². The van der Waals surface area contributed by atoms with Gasteiger partial charge >= 0.3 is 0 Å². The Bertz CT molecular complexity index is 456. The van der Waals surface area contributed by atoms with E-state index in [0.29, 0.717) is 11.3 Å². The molecule has 0 bridgehead atoms. The van der Waals surface area contributed by atoms with Crippen LogP contribution >= 0.6 is 11.8 Å². The summed E-state index contributed by atoms with van der Waals surface area (Å²) in [6.07, 6.45) is 3.60. The zero-order valence-electron chi connectivity index (χ0n) is 10.4. The number of hydrogen-bond donors (Lipinski definition) is 1. The minimum Gasteiger partial charge on any atom is -0.381 e. The molecule has 1 saturated carbocycles. The normalized spacial score (nSPS) is 22.7. The SMILES string of the molecule is CCSC1CCCC1Nc1ccc(C#N)c(F)c1. The number of nitrogens with zero attached hydrogens (tertiary/aromatic N) is 1. The molecule has 2 atom stereocenters. The van der Waals surface area contributed by atoms with Gasteiger partial charge in [0.1, 0.15) is 11.9 Å². The van der Waals surface area contributed by atoms with Crippen molar-refractivity contribution in [1.82, 2.24) is 0 Å². The number of nitrogens with one attached hydrogen (secondary N) is 1. The molecule has 1 aromatic rings. The maximum Gasteiger partial charge on any atom is 0.143 e. The minimum absolute atomic E-state index is 0.103. The molecule has 1 fully saturated rings. The fraction of sp³-hybridized carbons (Fsp3) is 0.500. The van der Waals surface area contributed by atoms with Gasteiger partial charge in [-0.15, -0.1) is 0 Å². The molecule has 4 heteroatoms. The summed E-state index contributed by atoms with van der Waals surface area (Å²) in [4.78, 5) is 0. The second-order valence-corrected chi connectivity index (χ2v) is 6.00. The van der Waals surface area contributed by atoms with Gasteiger partial charge in [-0.25, -0.2) is 4.39 Å². The quantitative estimate of drug-likeness (QED) is 0.899. The van der Waals surface area contributed by atoms with Crippen LogP contribution in [0.3, 0.4) is 0 Å². The molecule has 2 rings (SSSR count). The average molecular weight is 264 g/mol. The lowest BCUT2D eigenvalue weighted by molar-refractivity contribution is 0.623. The van der Waals surface area contributed by atoms with Crippen LogP contribution in [0.15, 0.2) is 18.2 Å². The largest absolute Gasteiger partial charge is 0.381 e. The van der Waals surface area contributed by atoms with E-state index in [1.54, 1.807) is 6.07 Å². The molecule has 0 spiro atoms. The molecule has 0 radical (unpaired) electrons. The van der Waals surface area contributed by atoms with Crippen LogP contribution in [0, 0.1) is 17.1 Å². The van der Waals surface area contributed by atoms with Crippen LogP contribution in [0.1, 0.15) is 31.7 Å². The summed E-state index contributed by atoms with van der Waals surface area (Å²) in [6, 6.07) is 7.00. The Morgan fingerprint density at radius 3 is 3.00 bits per heavy atom. The second kappa shape index (κ2) is 6.10. The lowest BCUT2D eigenvalue weighted by atomic mass is 10.2. The van der Waals surface area contributed by atoms with Gasteiger partial charge in [0.05, 0.1) is 5.56 Å². The van der Waals surface area contributed by atoms with Crippen molar-refractivity contribution in [1.29, 1.82) is 5.26 Å². The van der Waals surface area contributed by atoms with Gasteiger partial charge in [-0.05, 0) is 36.8 Å². The monoisotopic (exact) mass is 264 g/mol. The molecule has 0 saturated heterocycles. The third kappa shape index (κ3) is 2.97. The second-order valence-electron chi connectivity index (χ2n) is 4.48. The topological polar surface area (TPSA) is 35.8 Å². The highest BCUT2D eigenvalue weighted by molar-refractivity contribution is 7.99. The summed E-state index contributed by atoms with van der Waals surface area (Å²) < 4.78 is 13.5. The third-order valence-electron chi connectivity index (χ3n) is 3.27. The summed E-state index contributed by atoms with van der Waals surface area (Å²) >= 11 is 1.97. The molecule has 1 aliphatic rings. The number of benzene rings is 1. The molecule has 2 nitrogen and oxygen atoms in total.